The minimum Gasteiger partial charge on any atom is -0.324 e. The average Bonchev–Trinajstić information content (AvgIpc) is 3.14. The highest BCUT2D eigenvalue weighted by Gasteiger charge is 2.40. The normalized spacial score (nSPS) is 16.8. The Morgan fingerprint density at radius 2 is 2.00 bits per heavy atom. The first-order chi connectivity index (χ1) is 16.9. The van der Waals surface area contributed by atoms with E-state index in [1.165, 1.54) is 11.1 Å². The Bertz CT molecular complexity index is 1490. The van der Waals surface area contributed by atoms with E-state index in [1.807, 2.05) is 19.9 Å². The highest BCUT2D eigenvalue weighted by atomic mass is 19.1. The molecule has 2 aliphatic rings. The molecule has 0 saturated heterocycles. The van der Waals surface area contributed by atoms with E-state index in [-0.39, 0.29) is 11.6 Å². The average molecular weight is 474 g/mol. The van der Waals surface area contributed by atoms with Crippen molar-refractivity contribution in [3.63, 3.8) is 0 Å². The lowest BCUT2D eigenvalue weighted by Crippen LogP contribution is -2.31. The first-order valence-corrected chi connectivity index (χ1v) is 12.2. The van der Waals surface area contributed by atoms with Crippen molar-refractivity contribution in [2.45, 2.75) is 57.8 Å². The number of fused-ring (bicyclic) bond motifs is 2. The molecule has 1 fully saturated rings. The van der Waals surface area contributed by atoms with Gasteiger partial charge >= 0.3 is 0 Å². The Hall–Kier alpha value is -3.59. The summed E-state index contributed by atoms with van der Waals surface area (Å²) in [5, 5.41) is 7.06. The van der Waals surface area contributed by atoms with Gasteiger partial charge in [-0.15, -0.1) is 0 Å². The molecule has 1 aromatic carbocycles. The molecular weight excluding hydrogens is 445 g/mol. The zero-order chi connectivity index (χ0) is 24.2. The topological polar surface area (TPSA) is 89.7 Å². The first kappa shape index (κ1) is 21.9. The Kier molecular flexibility index (Phi) is 5.17. The number of aromatic nitrogens is 5. The zero-order valence-corrected chi connectivity index (χ0v) is 19.9. The van der Waals surface area contributed by atoms with Gasteiger partial charge in [-0.05, 0) is 81.5 Å². The van der Waals surface area contributed by atoms with Crippen molar-refractivity contribution in [3.05, 3.63) is 69.8 Å². The van der Waals surface area contributed by atoms with Gasteiger partial charge in [0, 0.05) is 24.5 Å². The van der Waals surface area contributed by atoms with Crippen LogP contribution in [0.5, 0.6) is 0 Å². The Balaban J connectivity index is 1.45. The number of rotatable bonds is 5. The second-order valence-electron chi connectivity index (χ2n) is 9.72. The number of pyridine rings is 1. The quantitative estimate of drug-likeness (QED) is 0.449. The smallest absolute Gasteiger partial charge is 0.278 e. The van der Waals surface area contributed by atoms with E-state index in [1.54, 1.807) is 33.8 Å². The minimum atomic E-state index is -1.40. The molecule has 35 heavy (non-hydrogen) atoms. The number of hydrogen-bond acceptors (Lipinski definition) is 6. The molecule has 9 heteroatoms. The number of alkyl halides is 1. The standard InChI is InChI=1S/C26H28FN7O/c1-16(2)33-24(35)20-15-29-25(30-19-8-7-18-14-28-12-9-17(18)13-19)32-23(20)34(33)22-6-3-5-21(31-22)26(27)10-4-11-26/h3,5-8,13,15-16,28H,4,9-12,14H2,1-2H3,(H,29,30,32). The van der Waals surface area contributed by atoms with Crippen LogP contribution in [0.2, 0.25) is 0 Å². The summed E-state index contributed by atoms with van der Waals surface area (Å²) in [5.74, 6) is 0.858. The summed E-state index contributed by atoms with van der Waals surface area (Å²) in [7, 11) is 0. The molecule has 0 spiro atoms. The predicted octanol–water partition coefficient (Wildman–Crippen LogP) is 4.30. The van der Waals surface area contributed by atoms with Crippen LogP contribution in [0.1, 0.15) is 56.0 Å². The summed E-state index contributed by atoms with van der Waals surface area (Å²) in [5.41, 5.74) is 2.74. The number of hydrogen-bond donors (Lipinski definition) is 2. The molecule has 6 rings (SSSR count). The summed E-state index contributed by atoms with van der Waals surface area (Å²) in [6.45, 7) is 5.69. The van der Waals surface area contributed by atoms with Gasteiger partial charge in [-0.25, -0.2) is 23.7 Å². The fourth-order valence-electron chi connectivity index (χ4n) is 4.96. The van der Waals surface area contributed by atoms with Gasteiger partial charge in [0.15, 0.2) is 17.1 Å². The maximum absolute atomic E-state index is 15.2. The van der Waals surface area contributed by atoms with Gasteiger partial charge in [0.2, 0.25) is 5.95 Å². The van der Waals surface area contributed by atoms with Crippen LogP contribution in [0, 0.1) is 0 Å². The Morgan fingerprint density at radius 1 is 1.14 bits per heavy atom. The third-order valence-corrected chi connectivity index (χ3v) is 7.02. The highest BCUT2D eigenvalue weighted by molar-refractivity contribution is 5.77. The molecule has 0 unspecified atom stereocenters. The number of benzene rings is 1. The third-order valence-electron chi connectivity index (χ3n) is 7.02. The summed E-state index contributed by atoms with van der Waals surface area (Å²) in [6, 6.07) is 11.4. The fourth-order valence-corrected chi connectivity index (χ4v) is 4.96. The molecule has 180 valence electrons. The monoisotopic (exact) mass is 473 g/mol. The summed E-state index contributed by atoms with van der Waals surface area (Å²) in [4.78, 5) is 27.1. The van der Waals surface area contributed by atoms with Crippen LogP contribution in [-0.4, -0.2) is 30.9 Å². The summed E-state index contributed by atoms with van der Waals surface area (Å²) >= 11 is 0. The number of nitrogens with one attached hydrogen (secondary N) is 2. The second kappa shape index (κ2) is 8.27. The molecule has 3 aromatic heterocycles. The summed E-state index contributed by atoms with van der Waals surface area (Å²) in [6.07, 6.45) is 4.32. The largest absolute Gasteiger partial charge is 0.324 e. The highest BCUT2D eigenvalue weighted by Crippen LogP contribution is 2.44. The molecule has 1 aliphatic heterocycles. The maximum Gasteiger partial charge on any atom is 0.278 e. The lowest BCUT2D eigenvalue weighted by molar-refractivity contribution is 0.0559. The molecule has 0 amide bonds. The van der Waals surface area contributed by atoms with Crippen molar-refractivity contribution in [2.24, 2.45) is 0 Å². The van der Waals surface area contributed by atoms with Crippen molar-refractivity contribution in [2.75, 3.05) is 11.9 Å². The van der Waals surface area contributed by atoms with E-state index >= 15 is 4.39 Å². The zero-order valence-electron chi connectivity index (χ0n) is 19.9. The van der Waals surface area contributed by atoms with Crippen LogP contribution in [0.25, 0.3) is 16.9 Å². The molecule has 1 aliphatic carbocycles. The number of anilines is 2. The van der Waals surface area contributed by atoms with Gasteiger partial charge in [-0.1, -0.05) is 12.1 Å². The molecule has 4 heterocycles. The molecule has 1 saturated carbocycles. The van der Waals surface area contributed by atoms with E-state index in [2.05, 4.69) is 32.7 Å². The van der Waals surface area contributed by atoms with Crippen molar-refractivity contribution in [3.8, 4) is 5.82 Å². The van der Waals surface area contributed by atoms with E-state index in [0.29, 0.717) is 41.3 Å². The molecule has 8 nitrogen and oxygen atoms in total. The maximum atomic E-state index is 15.2. The van der Waals surface area contributed by atoms with E-state index in [0.717, 1.165) is 31.6 Å². The van der Waals surface area contributed by atoms with Crippen molar-refractivity contribution in [1.82, 2.24) is 29.6 Å². The number of nitrogens with zero attached hydrogens (tertiary/aromatic N) is 5. The molecule has 0 radical (unpaired) electrons. The van der Waals surface area contributed by atoms with Crippen LogP contribution >= 0.6 is 0 Å². The molecule has 4 aromatic rings. The van der Waals surface area contributed by atoms with Crippen molar-refractivity contribution >= 4 is 22.7 Å². The van der Waals surface area contributed by atoms with E-state index in [4.69, 9.17) is 4.98 Å². The van der Waals surface area contributed by atoms with Crippen LogP contribution < -0.4 is 16.2 Å². The van der Waals surface area contributed by atoms with Crippen LogP contribution in [0.4, 0.5) is 16.0 Å². The van der Waals surface area contributed by atoms with E-state index in [9.17, 15) is 4.79 Å². The predicted molar refractivity (Wildman–Crippen MR) is 133 cm³/mol. The minimum absolute atomic E-state index is 0.157. The third kappa shape index (κ3) is 3.70. The molecule has 0 atom stereocenters. The Labute approximate surface area is 202 Å². The Morgan fingerprint density at radius 3 is 2.77 bits per heavy atom. The SMILES string of the molecule is CC(C)n1c(=O)c2cnc(Nc3ccc4c(c3)CCNC4)nc2n1-c1cccc(C2(F)CCC2)n1. The van der Waals surface area contributed by atoms with Crippen LogP contribution in [0.3, 0.4) is 0 Å². The number of halogens is 1. The first-order valence-electron chi connectivity index (χ1n) is 12.2. The second-order valence-corrected chi connectivity index (χ2v) is 9.72. The lowest BCUT2D eigenvalue weighted by atomic mass is 9.79. The lowest BCUT2D eigenvalue weighted by Gasteiger charge is -2.33. The van der Waals surface area contributed by atoms with Gasteiger partial charge < -0.3 is 10.6 Å². The van der Waals surface area contributed by atoms with Gasteiger partial charge in [0.1, 0.15) is 5.39 Å². The van der Waals surface area contributed by atoms with E-state index < -0.39 is 5.67 Å². The molecule has 2 N–H and O–H groups in total. The van der Waals surface area contributed by atoms with Gasteiger partial charge in [-0.2, -0.15) is 4.98 Å². The van der Waals surface area contributed by atoms with Crippen LogP contribution in [0.15, 0.2) is 47.4 Å². The molecular formula is C26H28FN7O. The van der Waals surface area contributed by atoms with Crippen LogP contribution in [-0.2, 0) is 18.6 Å². The molecule has 0 bridgehead atoms. The van der Waals surface area contributed by atoms with Gasteiger partial charge in [0.25, 0.3) is 5.56 Å². The van der Waals surface area contributed by atoms with Crippen molar-refractivity contribution in [1.29, 1.82) is 0 Å². The van der Waals surface area contributed by atoms with Gasteiger partial charge in [0.05, 0.1) is 5.69 Å². The van der Waals surface area contributed by atoms with Gasteiger partial charge in [-0.3, -0.25) is 4.79 Å². The van der Waals surface area contributed by atoms with Crippen molar-refractivity contribution < 1.29 is 4.39 Å². The summed E-state index contributed by atoms with van der Waals surface area (Å²) < 4.78 is 18.5. The fraction of sp³-hybridized carbons (Fsp3) is 0.385.